The maximum atomic E-state index is 12.3. The maximum Gasteiger partial charge on any atom is 0.232 e. The number of carbonyl (C=O) groups excluding carboxylic acids is 1. The molecule has 3 rings (SSSR count). The highest BCUT2D eigenvalue weighted by atomic mass is 32.2. The molecule has 2 aliphatic heterocycles. The molecule has 2 heterocycles. The summed E-state index contributed by atoms with van der Waals surface area (Å²) in [7, 11) is -3.50. The van der Waals surface area contributed by atoms with Crippen LogP contribution in [0, 0.1) is 0 Å². The maximum absolute atomic E-state index is 12.3. The normalized spacial score (nSPS) is 17.0. The zero-order valence-corrected chi connectivity index (χ0v) is 14.5. The summed E-state index contributed by atoms with van der Waals surface area (Å²) in [5.74, 6) is 1.11. The summed E-state index contributed by atoms with van der Waals surface area (Å²) < 4.78 is 36.1. The van der Waals surface area contributed by atoms with Gasteiger partial charge in [0.25, 0.3) is 0 Å². The lowest BCUT2D eigenvalue weighted by molar-refractivity contribution is -0.131. The van der Waals surface area contributed by atoms with Crippen molar-refractivity contribution in [3.63, 3.8) is 0 Å². The Balaban J connectivity index is 1.72. The molecule has 7 nitrogen and oxygen atoms in total. The number of piperidine rings is 1. The van der Waals surface area contributed by atoms with Crippen molar-refractivity contribution in [2.75, 3.05) is 37.0 Å². The Morgan fingerprint density at radius 3 is 2.58 bits per heavy atom. The Kier molecular flexibility index (Phi) is 4.84. The second-order valence-electron chi connectivity index (χ2n) is 6.06. The van der Waals surface area contributed by atoms with Gasteiger partial charge >= 0.3 is 0 Å². The second kappa shape index (κ2) is 6.88. The molecular formula is C16H22N2O5S. The molecule has 2 aliphatic rings. The summed E-state index contributed by atoms with van der Waals surface area (Å²) in [6.07, 6.45) is 4.49. The van der Waals surface area contributed by atoms with Gasteiger partial charge in [0.2, 0.25) is 22.7 Å². The first-order chi connectivity index (χ1) is 11.4. The summed E-state index contributed by atoms with van der Waals surface area (Å²) in [6.45, 7) is 1.78. The predicted molar refractivity (Wildman–Crippen MR) is 89.8 cm³/mol. The number of anilines is 1. The van der Waals surface area contributed by atoms with E-state index in [4.69, 9.17) is 9.47 Å². The Hall–Kier alpha value is -1.96. The topological polar surface area (TPSA) is 76.2 Å². The van der Waals surface area contributed by atoms with E-state index in [2.05, 4.69) is 0 Å². The summed E-state index contributed by atoms with van der Waals surface area (Å²) in [5, 5.41) is 0. The summed E-state index contributed by atoms with van der Waals surface area (Å²) >= 11 is 0. The summed E-state index contributed by atoms with van der Waals surface area (Å²) in [4.78, 5) is 14.1. The van der Waals surface area contributed by atoms with Gasteiger partial charge in [0.1, 0.15) is 0 Å². The van der Waals surface area contributed by atoms with Gasteiger partial charge in [-0.3, -0.25) is 9.10 Å². The largest absolute Gasteiger partial charge is 0.454 e. The van der Waals surface area contributed by atoms with E-state index in [1.165, 1.54) is 4.31 Å². The Morgan fingerprint density at radius 2 is 1.88 bits per heavy atom. The lowest BCUT2D eigenvalue weighted by Gasteiger charge is -2.28. The Bertz CT molecular complexity index is 713. The molecule has 0 radical (unpaired) electrons. The molecule has 1 saturated heterocycles. The van der Waals surface area contributed by atoms with Crippen LogP contribution in [-0.4, -0.2) is 51.9 Å². The van der Waals surface area contributed by atoms with Crippen molar-refractivity contribution in [2.24, 2.45) is 0 Å². The summed E-state index contributed by atoms with van der Waals surface area (Å²) in [6, 6.07) is 4.98. The van der Waals surface area contributed by atoms with Gasteiger partial charge in [0.05, 0.1) is 11.9 Å². The quantitative estimate of drug-likeness (QED) is 0.802. The van der Waals surface area contributed by atoms with Gasteiger partial charge in [-0.05, 0) is 31.4 Å². The van der Waals surface area contributed by atoms with Crippen LogP contribution in [0.4, 0.5) is 5.69 Å². The minimum atomic E-state index is -3.50. The zero-order chi connectivity index (χ0) is 17.2. The van der Waals surface area contributed by atoms with Gasteiger partial charge in [0, 0.05) is 32.1 Å². The molecular weight excluding hydrogens is 332 g/mol. The molecule has 1 aromatic carbocycles. The molecule has 0 bridgehead atoms. The third-order valence-electron chi connectivity index (χ3n) is 4.28. The number of carbonyl (C=O) groups is 1. The average Bonchev–Trinajstić information content (AvgIpc) is 3.02. The van der Waals surface area contributed by atoms with Gasteiger partial charge in [-0.15, -0.1) is 0 Å². The van der Waals surface area contributed by atoms with Gasteiger partial charge in [-0.1, -0.05) is 0 Å². The van der Waals surface area contributed by atoms with Crippen LogP contribution in [0.1, 0.15) is 25.7 Å². The van der Waals surface area contributed by atoms with Crippen LogP contribution in [0.2, 0.25) is 0 Å². The van der Waals surface area contributed by atoms with E-state index in [1.54, 1.807) is 18.2 Å². The van der Waals surface area contributed by atoms with Crippen molar-refractivity contribution in [1.82, 2.24) is 4.90 Å². The smallest absolute Gasteiger partial charge is 0.232 e. The molecule has 24 heavy (non-hydrogen) atoms. The third kappa shape index (κ3) is 3.75. The van der Waals surface area contributed by atoms with Crippen LogP contribution in [0.25, 0.3) is 0 Å². The molecule has 1 fully saturated rings. The van der Waals surface area contributed by atoms with Crippen molar-refractivity contribution >= 4 is 21.6 Å². The molecule has 0 unspecified atom stereocenters. The Morgan fingerprint density at radius 1 is 1.17 bits per heavy atom. The van der Waals surface area contributed by atoms with Crippen molar-refractivity contribution in [3.8, 4) is 11.5 Å². The first kappa shape index (κ1) is 16.9. The fourth-order valence-electron chi connectivity index (χ4n) is 3.03. The number of nitrogens with zero attached hydrogens (tertiary/aromatic N) is 2. The minimum absolute atomic E-state index is 0.00379. The number of fused-ring (bicyclic) bond motifs is 1. The fraction of sp³-hybridized carbons (Fsp3) is 0.562. The second-order valence-corrected chi connectivity index (χ2v) is 7.97. The van der Waals surface area contributed by atoms with Crippen LogP contribution < -0.4 is 13.8 Å². The number of ether oxygens (including phenoxy) is 2. The Labute approximate surface area is 142 Å². The highest BCUT2D eigenvalue weighted by molar-refractivity contribution is 7.92. The number of hydrogen-bond acceptors (Lipinski definition) is 5. The van der Waals surface area contributed by atoms with Crippen LogP contribution in [0.3, 0.4) is 0 Å². The first-order valence-corrected chi connectivity index (χ1v) is 9.95. The number of hydrogen-bond donors (Lipinski definition) is 0. The molecule has 0 atom stereocenters. The number of amides is 1. The predicted octanol–water partition coefficient (Wildman–Crippen LogP) is 1.58. The lowest BCUT2D eigenvalue weighted by atomic mass is 10.1. The number of sulfonamides is 1. The third-order valence-corrected chi connectivity index (χ3v) is 5.48. The van der Waals surface area contributed by atoms with E-state index in [0.29, 0.717) is 17.2 Å². The van der Waals surface area contributed by atoms with Crippen LogP contribution in [0.5, 0.6) is 11.5 Å². The van der Waals surface area contributed by atoms with Crippen molar-refractivity contribution < 1.29 is 22.7 Å². The van der Waals surface area contributed by atoms with E-state index in [9.17, 15) is 13.2 Å². The van der Waals surface area contributed by atoms with Crippen molar-refractivity contribution in [1.29, 1.82) is 0 Å². The van der Waals surface area contributed by atoms with E-state index in [1.807, 2.05) is 4.90 Å². The van der Waals surface area contributed by atoms with Crippen LogP contribution in [-0.2, 0) is 14.8 Å². The average molecular weight is 354 g/mol. The van der Waals surface area contributed by atoms with Crippen LogP contribution >= 0.6 is 0 Å². The monoisotopic (exact) mass is 354 g/mol. The molecule has 0 saturated carbocycles. The zero-order valence-electron chi connectivity index (χ0n) is 13.7. The molecule has 0 spiro atoms. The fourth-order valence-corrected chi connectivity index (χ4v) is 3.94. The molecule has 0 aromatic heterocycles. The standard InChI is InChI=1S/C16H22N2O5S/c1-24(20,21)18(10-7-16(19)17-8-3-2-4-9-17)13-5-6-14-15(11-13)23-12-22-14/h5-6,11H,2-4,7-10,12H2,1H3. The molecule has 1 aromatic rings. The van der Waals surface area contributed by atoms with Gasteiger partial charge in [-0.2, -0.15) is 0 Å². The highest BCUT2D eigenvalue weighted by Gasteiger charge is 2.24. The lowest BCUT2D eigenvalue weighted by Crippen LogP contribution is -2.39. The minimum Gasteiger partial charge on any atom is -0.454 e. The molecule has 132 valence electrons. The molecule has 0 N–H and O–H groups in total. The van der Waals surface area contributed by atoms with Gasteiger partial charge < -0.3 is 14.4 Å². The number of benzene rings is 1. The van der Waals surface area contributed by atoms with E-state index >= 15 is 0 Å². The first-order valence-electron chi connectivity index (χ1n) is 8.10. The van der Waals surface area contributed by atoms with Crippen molar-refractivity contribution in [3.05, 3.63) is 18.2 Å². The van der Waals surface area contributed by atoms with E-state index in [-0.39, 0.29) is 25.7 Å². The number of likely N-dealkylation sites (tertiary alicyclic amines) is 1. The molecule has 1 amide bonds. The van der Waals surface area contributed by atoms with E-state index < -0.39 is 10.0 Å². The molecule has 0 aliphatic carbocycles. The van der Waals surface area contributed by atoms with Gasteiger partial charge in [-0.25, -0.2) is 8.42 Å². The van der Waals surface area contributed by atoms with Gasteiger partial charge in [0.15, 0.2) is 11.5 Å². The van der Waals surface area contributed by atoms with Crippen molar-refractivity contribution in [2.45, 2.75) is 25.7 Å². The number of rotatable bonds is 5. The molecule has 8 heteroatoms. The van der Waals surface area contributed by atoms with Crippen LogP contribution in [0.15, 0.2) is 18.2 Å². The van der Waals surface area contributed by atoms with E-state index in [0.717, 1.165) is 38.6 Å². The highest BCUT2D eigenvalue weighted by Crippen LogP contribution is 2.36. The summed E-state index contributed by atoms with van der Waals surface area (Å²) in [5.41, 5.74) is 0.480. The SMILES string of the molecule is CS(=O)(=O)N(CCC(=O)N1CCCCC1)c1ccc2c(c1)OCO2.